The van der Waals surface area contributed by atoms with E-state index in [-0.39, 0.29) is 11.6 Å². The number of aliphatic imine (C=N–C) groups is 1. The van der Waals surface area contributed by atoms with Gasteiger partial charge in [-0.05, 0) is 51.9 Å². The van der Waals surface area contributed by atoms with Gasteiger partial charge in [0.1, 0.15) is 7.60 Å². The lowest BCUT2D eigenvalue weighted by atomic mass is 9.87. The summed E-state index contributed by atoms with van der Waals surface area (Å²) < 4.78 is 10.3. The predicted octanol–water partition coefficient (Wildman–Crippen LogP) is 10.2. The van der Waals surface area contributed by atoms with Crippen molar-refractivity contribution in [1.82, 2.24) is 4.90 Å². The molecule has 0 saturated heterocycles. The van der Waals surface area contributed by atoms with Crippen LogP contribution in [-0.4, -0.2) is 41.9 Å². The number of rotatable bonds is 5. The zero-order valence-electron chi connectivity index (χ0n) is 31.0. The second-order valence-electron chi connectivity index (χ2n) is 18.0. The standard InChI is InChI=1S/C10H20N2.C10H14.C6H15O3P.2C5H12/c1-10(2,3)5-4-7-12-8-6-11-9-12;1-10(2,3)9-7-5-4-6-8-9;1-6(2,3)4-5-10(7,8)9;2*1-5(2,3)4/h9H,4-8H2,1-3H3;4-8H,1-3H3;4-5H2,1-3H3,(H2,7,8,9);2*1-4H3/p-1. The van der Waals surface area contributed by atoms with E-state index in [1.165, 1.54) is 24.9 Å². The molecule has 250 valence electrons. The van der Waals surface area contributed by atoms with E-state index in [2.05, 4.69) is 137 Å². The third-order valence-electron chi connectivity index (χ3n) is 4.92. The highest BCUT2D eigenvalue weighted by Gasteiger charge is 2.13. The molecule has 0 fully saturated rings. The fraction of sp³-hybridized carbons (Fsp3) is 0.806. The molecule has 5 nitrogen and oxygen atoms in total. The molecule has 42 heavy (non-hydrogen) atoms. The first-order valence-electron chi connectivity index (χ1n) is 15.7. The van der Waals surface area contributed by atoms with Gasteiger partial charge in [-0.3, -0.25) is 4.99 Å². The molecule has 6 heteroatoms. The van der Waals surface area contributed by atoms with Crippen molar-refractivity contribution in [3.63, 3.8) is 0 Å². The summed E-state index contributed by atoms with van der Waals surface area (Å²) in [7, 11) is -4.01. The summed E-state index contributed by atoms with van der Waals surface area (Å²) in [6.07, 6.45) is 4.97. The van der Waals surface area contributed by atoms with Crippen LogP contribution in [0.25, 0.3) is 0 Å². The smallest absolute Gasteiger partial charge is 0.132 e. The van der Waals surface area contributed by atoms with Gasteiger partial charge < -0.3 is 19.3 Å². The summed E-state index contributed by atoms with van der Waals surface area (Å²) in [4.78, 5) is 25.1. The maximum atomic E-state index is 10.3. The van der Waals surface area contributed by atoms with Gasteiger partial charge in [0.05, 0.1) is 12.9 Å². The van der Waals surface area contributed by atoms with Crippen molar-refractivity contribution < 1.29 is 14.4 Å². The fourth-order valence-electron chi connectivity index (χ4n) is 2.81. The van der Waals surface area contributed by atoms with E-state index >= 15 is 0 Å². The summed E-state index contributed by atoms with van der Waals surface area (Å²) in [6, 6.07) is 10.6. The third-order valence-corrected chi connectivity index (χ3v) is 5.71. The monoisotopic (exact) mass is 612 g/mol. The van der Waals surface area contributed by atoms with Crippen LogP contribution >= 0.6 is 7.60 Å². The number of benzene rings is 1. The molecule has 0 spiro atoms. The van der Waals surface area contributed by atoms with E-state index in [0.717, 1.165) is 13.1 Å². The number of hydrogen-bond donors (Lipinski definition) is 1. The summed E-state index contributed by atoms with van der Waals surface area (Å²) in [5.41, 5.74) is 3.15. The van der Waals surface area contributed by atoms with Gasteiger partial charge >= 0.3 is 0 Å². The molecule has 1 atom stereocenters. The fourth-order valence-corrected chi connectivity index (χ4v) is 3.77. The Morgan fingerprint density at radius 1 is 0.762 bits per heavy atom. The topological polar surface area (TPSA) is 76.0 Å². The summed E-state index contributed by atoms with van der Waals surface area (Å²) in [6.45, 7) is 40.2. The molecule has 0 saturated carbocycles. The Morgan fingerprint density at radius 3 is 1.40 bits per heavy atom. The Kier molecular flexibility index (Phi) is 21.5. The minimum atomic E-state index is -4.01. The lowest BCUT2D eigenvalue weighted by Crippen LogP contribution is -2.22. The Hall–Kier alpha value is -1.16. The molecule has 1 aliphatic heterocycles. The Labute approximate surface area is 263 Å². The molecule has 1 aromatic carbocycles. The first-order valence-corrected chi connectivity index (χ1v) is 17.5. The first-order chi connectivity index (χ1) is 18.4. The normalized spacial score (nSPS) is 15.0. The molecule has 1 heterocycles. The van der Waals surface area contributed by atoms with Crippen molar-refractivity contribution in [3.8, 4) is 0 Å². The molecular weight excluding hydrogens is 539 g/mol. The van der Waals surface area contributed by atoms with E-state index in [9.17, 15) is 9.46 Å². The highest BCUT2D eigenvalue weighted by atomic mass is 31.2. The lowest BCUT2D eigenvalue weighted by Gasteiger charge is -2.22. The van der Waals surface area contributed by atoms with Crippen molar-refractivity contribution in [3.05, 3.63) is 35.9 Å². The predicted molar refractivity (Wildman–Crippen MR) is 188 cm³/mol. The SMILES string of the molecule is CC(C)(C)C.CC(C)(C)C.CC(C)(C)CCCN1C=NCC1.CC(C)(C)CCP(=O)([O-])O.CC(C)(C)c1ccccc1. The Morgan fingerprint density at radius 2 is 1.17 bits per heavy atom. The average molecular weight is 612 g/mol. The highest BCUT2D eigenvalue weighted by Crippen LogP contribution is 2.34. The van der Waals surface area contributed by atoms with Gasteiger partial charge in [0, 0.05) is 19.3 Å². The molecule has 2 rings (SSSR count). The van der Waals surface area contributed by atoms with Crippen LogP contribution in [0.1, 0.15) is 143 Å². The maximum absolute atomic E-state index is 10.3. The molecule has 1 unspecified atom stereocenters. The third kappa shape index (κ3) is 48.6. The van der Waals surface area contributed by atoms with Crippen LogP contribution in [-0.2, 0) is 9.98 Å². The van der Waals surface area contributed by atoms with Crippen LogP contribution in [0.2, 0.25) is 0 Å². The Balaban J connectivity index is -0.000000472. The molecule has 0 aromatic heterocycles. The number of nitrogens with zero attached hydrogens (tertiary/aromatic N) is 2. The van der Waals surface area contributed by atoms with E-state index in [4.69, 9.17) is 4.89 Å². The van der Waals surface area contributed by atoms with Crippen molar-refractivity contribution in [2.24, 2.45) is 26.7 Å². The highest BCUT2D eigenvalue weighted by molar-refractivity contribution is 7.50. The van der Waals surface area contributed by atoms with Gasteiger partial charge in [-0.15, -0.1) is 0 Å². The minimum Gasteiger partial charge on any atom is -0.779 e. The second-order valence-corrected chi connectivity index (χ2v) is 19.7. The summed E-state index contributed by atoms with van der Waals surface area (Å²) in [5.74, 6) is 0. The minimum absolute atomic E-state index is 0.0250. The Bertz CT molecular complexity index is 833. The van der Waals surface area contributed by atoms with Crippen molar-refractivity contribution in [2.45, 2.75) is 142 Å². The van der Waals surface area contributed by atoms with Gasteiger partial charge in [-0.25, -0.2) is 0 Å². The molecule has 0 bridgehead atoms. The molecule has 0 amide bonds. The van der Waals surface area contributed by atoms with Gasteiger partial charge in [0.15, 0.2) is 0 Å². The van der Waals surface area contributed by atoms with Crippen LogP contribution in [0.3, 0.4) is 0 Å². The molecular formula is C36H72N2O3P-. The van der Waals surface area contributed by atoms with Crippen LogP contribution < -0.4 is 4.89 Å². The zero-order chi connectivity index (χ0) is 34.1. The van der Waals surface area contributed by atoms with E-state index < -0.39 is 7.60 Å². The number of hydrogen-bond acceptors (Lipinski definition) is 4. The zero-order valence-corrected chi connectivity index (χ0v) is 31.9. The summed E-state index contributed by atoms with van der Waals surface area (Å²) >= 11 is 0. The van der Waals surface area contributed by atoms with Crippen molar-refractivity contribution in [1.29, 1.82) is 0 Å². The van der Waals surface area contributed by atoms with Crippen molar-refractivity contribution >= 4 is 13.9 Å². The van der Waals surface area contributed by atoms with Crippen LogP contribution in [0.4, 0.5) is 0 Å². The van der Waals surface area contributed by atoms with E-state index in [1.54, 1.807) is 0 Å². The van der Waals surface area contributed by atoms with Crippen LogP contribution in [0, 0.1) is 21.7 Å². The maximum Gasteiger partial charge on any atom is 0.132 e. The van der Waals surface area contributed by atoms with Gasteiger partial charge in [0.25, 0.3) is 0 Å². The van der Waals surface area contributed by atoms with Crippen LogP contribution in [0.5, 0.6) is 0 Å². The molecule has 0 aliphatic carbocycles. The quantitative estimate of drug-likeness (QED) is 0.336. The van der Waals surface area contributed by atoms with E-state index in [0.29, 0.717) is 28.1 Å². The molecule has 1 aromatic rings. The lowest BCUT2D eigenvalue weighted by molar-refractivity contribution is -0.193. The van der Waals surface area contributed by atoms with Gasteiger partial charge in [-0.2, -0.15) is 0 Å². The molecule has 0 radical (unpaired) electrons. The molecule has 1 aliphatic rings. The van der Waals surface area contributed by atoms with Crippen LogP contribution in [0.15, 0.2) is 35.3 Å². The van der Waals surface area contributed by atoms with Gasteiger partial charge in [0.2, 0.25) is 0 Å². The average Bonchev–Trinajstić information content (AvgIpc) is 3.23. The summed E-state index contributed by atoms with van der Waals surface area (Å²) in [5, 5.41) is 0. The molecule has 1 N–H and O–H groups in total. The largest absolute Gasteiger partial charge is 0.779 e. The second kappa shape index (κ2) is 20.0. The van der Waals surface area contributed by atoms with Gasteiger partial charge in [-0.1, -0.05) is 148 Å². The first kappa shape index (κ1) is 45.3. The van der Waals surface area contributed by atoms with E-state index in [1.807, 2.05) is 27.1 Å². The van der Waals surface area contributed by atoms with Crippen molar-refractivity contribution in [2.75, 3.05) is 25.8 Å².